The van der Waals surface area contributed by atoms with Gasteiger partial charge < -0.3 is 0 Å². The van der Waals surface area contributed by atoms with Crippen LogP contribution in [0.5, 0.6) is 0 Å². The van der Waals surface area contributed by atoms with E-state index in [0.29, 0.717) is 10.6 Å². The summed E-state index contributed by atoms with van der Waals surface area (Å²) in [5.41, 5.74) is 0.610. The van der Waals surface area contributed by atoms with Gasteiger partial charge in [-0.25, -0.2) is 4.39 Å². The van der Waals surface area contributed by atoms with E-state index >= 15 is 0 Å². The summed E-state index contributed by atoms with van der Waals surface area (Å²) in [5.74, 6) is 0.0305. The van der Waals surface area contributed by atoms with Crippen molar-refractivity contribution in [1.82, 2.24) is 0 Å². The fraction of sp³-hybridized carbons (Fsp3) is 0.462. The molecule has 1 aromatic carbocycles. The fourth-order valence-electron chi connectivity index (χ4n) is 2.26. The SMILES string of the molecule is O=C(Cc1cc(F)ccc1Cl)C1CCCC1. The van der Waals surface area contributed by atoms with E-state index in [1.165, 1.54) is 18.2 Å². The molecular formula is C13H14ClFO. The van der Waals surface area contributed by atoms with E-state index in [1.807, 2.05) is 0 Å². The van der Waals surface area contributed by atoms with Crippen molar-refractivity contribution in [3.05, 3.63) is 34.6 Å². The largest absolute Gasteiger partial charge is 0.299 e. The van der Waals surface area contributed by atoms with E-state index in [1.54, 1.807) is 0 Å². The Kier molecular flexibility index (Phi) is 3.59. The topological polar surface area (TPSA) is 17.1 Å². The number of hydrogen-bond acceptors (Lipinski definition) is 1. The van der Waals surface area contributed by atoms with Gasteiger partial charge in [0.15, 0.2) is 0 Å². The van der Waals surface area contributed by atoms with Crippen LogP contribution in [0.2, 0.25) is 5.02 Å². The molecule has 1 saturated carbocycles. The lowest BCUT2D eigenvalue weighted by atomic mass is 9.96. The molecule has 0 N–H and O–H groups in total. The molecule has 0 aliphatic heterocycles. The van der Waals surface area contributed by atoms with E-state index in [2.05, 4.69) is 0 Å². The summed E-state index contributed by atoms with van der Waals surface area (Å²) < 4.78 is 13.0. The smallest absolute Gasteiger partial charge is 0.140 e. The molecule has 86 valence electrons. The van der Waals surface area contributed by atoms with Crippen molar-refractivity contribution in [3.8, 4) is 0 Å². The van der Waals surface area contributed by atoms with Crippen molar-refractivity contribution in [3.63, 3.8) is 0 Å². The molecule has 0 bridgehead atoms. The van der Waals surface area contributed by atoms with Crippen LogP contribution in [0, 0.1) is 11.7 Å². The van der Waals surface area contributed by atoms with E-state index in [4.69, 9.17) is 11.6 Å². The lowest BCUT2D eigenvalue weighted by Crippen LogP contribution is -2.13. The normalized spacial score (nSPS) is 16.6. The van der Waals surface area contributed by atoms with Gasteiger partial charge in [0, 0.05) is 17.4 Å². The number of carbonyl (C=O) groups excluding carboxylic acids is 1. The Balaban J connectivity index is 2.07. The molecular weight excluding hydrogens is 227 g/mol. The molecule has 1 nitrogen and oxygen atoms in total. The van der Waals surface area contributed by atoms with Crippen molar-refractivity contribution in [1.29, 1.82) is 0 Å². The molecule has 1 aliphatic carbocycles. The van der Waals surface area contributed by atoms with E-state index < -0.39 is 0 Å². The second-order valence-electron chi connectivity index (χ2n) is 4.36. The van der Waals surface area contributed by atoms with Crippen LogP contribution in [0.15, 0.2) is 18.2 Å². The first-order valence-electron chi connectivity index (χ1n) is 5.63. The molecule has 1 aliphatic rings. The number of rotatable bonds is 3. The highest BCUT2D eigenvalue weighted by molar-refractivity contribution is 6.31. The average molecular weight is 241 g/mol. The zero-order chi connectivity index (χ0) is 11.5. The van der Waals surface area contributed by atoms with Gasteiger partial charge in [0.05, 0.1) is 0 Å². The Morgan fingerprint density at radius 3 is 2.75 bits per heavy atom. The van der Waals surface area contributed by atoms with Crippen molar-refractivity contribution >= 4 is 17.4 Å². The van der Waals surface area contributed by atoms with Crippen molar-refractivity contribution < 1.29 is 9.18 Å². The van der Waals surface area contributed by atoms with Crippen LogP contribution in [-0.4, -0.2) is 5.78 Å². The van der Waals surface area contributed by atoms with E-state index in [9.17, 15) is 9.18 Å². The zero-order valence-electron chi connectivity index (χ0n) is 9.01. The number of ketones is 1. The van der Waals surface area contributed by atoms with E-state index in [-0.39, 0.29) is 23.9 Å². The Labute approximate surface area is 99.6 Å². The number of Topliss-reactive ketones (excluding diaryl/α,β-unsaturated/α-hetero) is 1. The van der Waals surface area contributed by atoms with Gasteiger partial charge in [-0.3, -0.25) is 4.79 Å². The van der Waals surface area contributed by atoms with Crippen molar-refractivity contribution in [2.24, 2.45) is 5.92 Å². The van der Waals surface area contributed by atoms with Crippen LogP contribution in [0.3, 0.4) is 0 Å². The minimum atomic E-state index is -0.335. The van der Waals surface area contributed by atoms with E-state index in [0.717, 1.165) is 25.7 Å². The van der Waals surface area contributed by atoms with Crippen LogP contribution in [0.25, 0.3) is 0 Å². The summed E-state index contributed by atoms with van der Waals surface area (Å²) in [6.07, 6.45) is 4.49. The van der Waals surface area contributed by atoms with Gasteiger partial charge >= 0.3 is 0 Å². The molecule has 0 radical (unpaired) electrons. The summed E-state index contributed by atoms with van der Waals surface area (Å²) >= 11 is 5.93. The zero-order valence-corrected chi connectivity index (χ0v) is 9.77. The summed E-state index contributed by atoms with van der Waals surface area (Å²) in [7, 11) is 0. The molecule has 1 aromatic rings. The first-order chi connectivity index (χ1) is 7.66. The summed E-state index contributed by atoms with van der Waals surface area (Å²) in [6.45, 7) is 0. The highest BCUT2D eigenvalue weighted by atomic mass is 35.5. The maximum absolute atomic E-state index is 13.0. The molecule has 0 unspecified atom stereocenters. The summed E-state index contributed by atoms with van der Waals surface area (Å²) in [4.78, 5) is 11.9. The standard InChI is InChI=1S/C13H14ClFO/c14-12-6-5-11(15)7-10(12)8-13(16)9-3-1-2-4-9/h5-7,9H,1-4,8H2. The van der Waals surface area contributed by atoms with Gasteiger partial charge in [0.25, 0.3) is 0 Å². The minimum absolute atomic E-state index is 0.166. The molecule has 0 heterocycles. The monoisotopic (exact) mass is 240 g/mol. The van der Waals surface area contributed by atoms with Crippen LogP contribution >= 0.6 is 11.6 Å². The predicted octanol–water partition coefficient (Wildman–Crippen LogP) is 3.78. The highest BCUT2D eigenvalue weighted by Gasteiger charge is 2.23. The molecule has 0 saturated heterocycles. The Morgan fingerprint density at radius 2 is 2.06 bits per heavy atom. The van der Waals surface area contributed by atoms with Crippen LogP contribution in [-0.2, 0) is 11.2 Å². The number of benzene rings is 1. The third-order valence-electron chi connectivity index (χ3n) is 3.18. The first-order valence-corrected chi connectivity index (χ1v) is 6.01. The molecule has 3 heteroatoms. The fourth-order valence-corrected chi connectivity index (χ4v) is 2.44. The quantitative estimate of drug-likeness (QED) is 0.786. The molecule has 0 atom stereocenters. The highest BCUT2D eigenvalue weighted by Crippen LogP contribution is 2.28. The van der Waals surface area contributed by atoms with Crippen molar-refractivity contribution in [2.75, 3.05) is 0 Å². The van der Waals surface area contributed by atoms with Gasteiger partial charge in [-0.15, -0.1) is 0 Å². The lowest BCUT2D eigenvalue weighted by molar-refractivity contribution is -0.122. The maximum atomic E-state index is 13.0. The third kappa shape index (κ3) is 2.62. The van der Waals surface area contributed by atoms with Gasteiger partial charge in [0.2, 0.25) is 0 Å². The Hall–Kier alpha value is -0.890. The molecule has 0 amide bonds. The minimum Gasteiger partial charge on any atom is -0.299 e. The average Bonchev–Trinajstić information content (AvgIpc) is 2.76. The molecule has 16 heavy (non-hydrogen) atoms. The number of halogens is 2. The summed E-state index contributed by atoms with van der Waals surface area (Å²) in [6, 6.07) is 4.18. The summed E-state index contributed by atoms with van der Waals surface area (Å²) in [5, 5.41) is 0.479. The van der Waals surface area contributed by atoms with Gasteiger partial charge in [0.1, 0.15) is 11.6 Å². The first kappa shape index (κ1) is 11.6. The molecule has 0 spiro atoms. The third-order valence-corrected chi connectivity index (χ3v) is 3.55. The predicted molar refractivity (Wildman–Crippen MR) is 62.1 cm³/mol. The van der Waals surface area contributed by atoms with Gasteiger partial charge in [-0.1, -0.05) is 24.4 Å². The maximum Gasteiger partial charge on any atom is 0.140 e. The van der Waals surface area contributed by atoms with Crippen LogP contribution in [0.4, 0.5) is 4.39 Å². The molecule has 0 aromatic heterocycles. The Bertz CT molecular complexity index is 397. The Morgan fingerprint density at radius 1 is 1.38 bits per heavy atom. The molecule has 2 rings (SSSR count). The second-order valence-corrected chi connectivity index (χ2v) is 4.77. The number of hydrogen-bond donors (Lipinski definition) is 0. The lowest BCUT2D eigenvalue weighted by Gasteiger charge is -2.08. The van der Waals surface area contributed by atoms with Gasteiger partial charge in [-0.05, 0) is 36.6 Å². The van der Waals surface area contributed by atoms with Crippen LogP contribution < -0.4 is 0 Å². The van der Waals surface area contributed by atoms with Crippen LogP contribution in [0.1, 0.15) is 31.2 Å². The van der Waals surface area contributed by atoms with Gasteiger partial charge in [-0.2, -0.15) is 0 Å². The number of carbonyl (C=O) groups is 1. The second kappa shape index (κ2) is 4.96. The molecule has 1 fully saturated rings. The van der Waals surface area contributed by atoms with Crippen molar-refractivity contribution in [2.45, 2.75) is 32.1 Å².